The van der Waals surface area contributed by atoms with E-state index in [9.17, 15) is 10.4 Å². The first-order valence-corrected chi connectivity index (χ1v) is 9.85. The number of halogens is 1. The highest BCUT2D eigenvalue weighted by Gasteiger charge is 2.20. The highest BCUT2D eigenvalue weighted by molar-refractivity contribution is 6.31. The number of hydrogen-bond acceptors (Lipinski definition) is 5. The molecule has 0 unspecified atom stereocenters. The van der Waals surface area contributed by atoms with E-state index in [0.717, 1.165) is 23.0 Å². The Hall–Kier alpha value is -2.65. The molecule has 0 bridgehead atoms. The maximum absolute atomic E-state index is 10.3. The average Bonchev–Trinajstić information content (AvgIpc) is 2.70. The first kappa shape index (κ1) is 21.1. The molecular weight excluding hydrogens is 386 g/mol. The van der Waals surface area contributed by atoms with Crippen molar-refractivity contribution in [1.82, 2.24) is 10.3 Å². The van der Waals surface area contributed by atoms with Crippen LogP contribution in [0.1, 0.15) is 25.1 Å². The van der Waals surface area contributed by atoms with Gasteiger partial charge in [-0.3, -0.25) is 4.98 Å². The summed E-state index contributed by atoms with van der Waals surface area (Å²) in [6.45, 7) is 4.56. The van der Waals surface area contributed by atoms with Crippen LogP contribution in [-0.2, 0) is 6.42 Å². The summed E-state index contributed by atoms with van der Waals surface area (Å²) in [4.78, 5) is 4.72. The summed E-state index contributed by atoms with van der Waals surface area (Å²) in [6, 6.07) is 19.2. The number of nitrogens with one attached hydrogen (secondary N) is 1. The molecule has 6 heteroatoms. The van der Waals surface area contributed by atoms with Crippen LogP contribution in [0.5, 0.6) is 5.75 Å². The summed E-state index contributed by atoms with van der Waals surface area (Å²) in [5, 5.41) is 24.3. The van der Waals surface area contributed by atoms with Gasteiger partial charge in [0.2, 0.25) is 0 Å². The Bertz CT molecular complexity index is 1030. The lowest BCUT2D eigenvalue weighted by molar-refractivity contribution is 0.0986. The van der Waals surface area contributed by atoms with Gasteiger partial charge in [0, 0.05) is 29.6 Å². The van der Waals surface area contributed by atoms with Crippen molar-refractivity contribution in [3.63, 3.8) is 0 Å². The second kappa shape index (κ2) is 9.23. The third-order valence-corrected chi connectivity index (χ3v) is 4.93. The topological polar surface area (TPSA) is 78.2 Å². The van der Waals surface area contributed by atoms with Crippen LogP contribution in [0.4, 0.5) is 0 Å². The second-order valence-corrected chi connectivity index (χ2v) is 8.03. The van der Waals surface area contributed by atoms with E-state index in [0.29, 0.717) is 17.3 Å². The molecule has 3 aromatic rings. The van der Waals surface area contributed by atoms with Crippen molar-refractivity contribution in [3.8, 4) is 11.8 Å². The Balaban J connectivity index is 1.54. The van der Waals surface area contributed by atoms with E-state index < -0.39 is 6.10 Å². The first-order valence-electron chi connectivity index (χ1n) is 9.47. The number of rotatable bonds is 8. The van der Waals surface area contributed by atoms with Crippen molar-refractivity contribution in [2.24, 2.45) is 0 Å². The van der Waals surface area contributed by atoms with Crippen LogP contribution in [0.3, 0.4) is 0 Å². The van der Waals surface area contributed by atoms with E-state index >= 15 is 0 Å². The second-order valence-electron chi connectivity index (χ2n) is 7.63. The zero-order chi connectivity index (χ0) is 20.9. The number of aromatic nitrogens is 1. The fraction of sp³-hybridized carbons (Fsp3) is 0.304. The van der Waals surface area contributed by atoms with Crippen LogP contribution in [0, 0.1) is 11.3 Å². The quantitative estimate of drug-likeness (QED) is 0.585. The highest BCUT2D eigenvalue weighted by atomic mass is 35.5. The summed E-state index contributed by atoms with van der Waals surface area (Å²) in [5.41, 5.74) is 1.98. The predicted octanol–water partition coefficient (Wildman–Crippen LogP) is 4.11. The minimum Gasteiger partial charge on any atom is -0.489 e. The summed E-state index contributed by atoms with van der Waals surface area (Å²) in [5.74, 6) is 0.374. The number of nitriles is 1. The monoisotopic (exact) mass is 409 g/mol. The molecule has 29 heavy (non-hydrogen) atoms. The van der Waals surface area contributed by atoms with Gasteiger partial charge in [-0.2, -0.15) is 5.26 Å². The molecule has 0 amide bonds. The molecule has 0 saturated carbocycles. The number of hydrogen-bond donors (Lipinski definition) is 2. The number of ether oxygens (including phenoxy) is 1. The molecule has 5 nitrogen and oxygen atoms in total. The zero-order valence-corrected chi connectivity index (χ0v) is 17.3. The Labute approximate surface area is 175 Å². The minimum absolute atomic E-state index is 0.0618. The number of benzene rings is 2. The van der Waals surface area contributed by atoms with Crippen LogP contribution in [-0.4, -0.2) is 34.9 Å². The first-order chi connectivity index (χ1) is 13.9. The molecule has 0 aliphatic rings. The normalized spacial score (nSPS) is 12.5. The minimum atomic E-state index is -0.732. The SMILES string of the molecule is CC(C)(Cc1ccc2ccccc2n1)NC[C@@H](O)COc1cccc(Cl)c1C#N. The standard InChI is InChI=1S/C23H24ClN3O2/c1-23(2,12-17-11-10-16-6-3-4-8-21(16)27-17)26-14-18(28)15-29-22-9-5-7-20(24)19(22)13-25/h3-11,18,26,28H,12,14-15H2,1-2H3/t18-/m1/s1. The van der Waals surface area contributed by atoms with Crippen molar-refractivity contribution in [2.45, 2.75) is 31.9 Å². The van der Waals surface area contributed by atoms with Gasteiger partial charge in [-0.05, 0) is 38.1 Å². The van der Waals surface area contributed by atoms with Crippen molar-refractivity contribution < 1.29 is 9.84 Å². The molecular formula is C23H24ClN3O2. The Kier molecular flexibility index (Phi) is 6.71. The van der Waals surface area contributed by atoms with Gasteiger partial charge in [0.15, 0.2) is 0 Å². The third-order valence-electron chi connectivity index (χ3n) is 4.61. The van der Waals surface area contributed by atoms with Crippen molar-refractivity contribution >= 4 is 22.5 Å². The molecule has 0 spiro atoms. The summed E-state index contributed by atoms with van der Waals surface area (Å²) >= 11 is 6.00. The largest absolute Gasteiger partial charge is 0.489 e. The Morgan fingerprint density at radius 1 is 1.17 bits per heavy atom. The third kappa shape index (κ3) is 5.68. The number of para-hydroxylation sites is 1. The molecule has 3 rings (SSSR count). The van der Waals surface area contributed by atoms with Gasteiger partial charge < -0.3 is 15.2 Å². The van der Waals surface area contributed by atoms with Crippen LogP contribution < -0.4 is 10.1 Å². The fourth-order valence-electron chi connectivity index (χ4n) is 3.09. The summed E-state index contributed by atoms with van der Waals surface area (Å²) in [7, 11) is 0. The number of nitrogens with zero attached hydrogens (tertiary/aromatic N) is 2. The van der Waals surface area contributed by atoms with Crippen LogP contribution in [0.15, 0.2) is 54.6 Å². The van der Waals surface area contributed by atoms with Gasteiger partial charge in [-0.1, -0.05) is 41.9 Å². The molecule has 0 saturated heterocycles. The van der Waals surface area contributed by atoms with E-state index in [-0.39, 0.29) is 17.7 Å². The molecule has 1 aromatic heterocycles. The van der Waals surface area contributed by atoms with E-state index in [4.69, 9.17) is 21.3 Å². The molecule has 1 atom stereocenters. The van der Waals surface area contributed by atoms with Gasteiger partial charge >= 0.3 is 0 Å². The molecule has 0 radical (unpaired) electrons. The number of pyridine rings is 1. The lowest BCUT2D eigenvalue weighted by Gasteiger charge is -2.27. The predicted molar refractivity (Wildman–Crippen MR) is 115 cm³/mol. The molecule has 0 aliphatic carbocycles. The Morgan fingerprint density at radius 3 is 2.76 bits per heavy atom. The van der Waals surface area contributed by atoms with Crippen molar-refractivity contribution in [1.29, 1.82) is 5.26 Å². The van der Waals surface area contributed by atoms with Crippen LogP contribution in [0.25, 0.3) is 10.9 Å². The van der Waals surface area contributed by atoms with Gasteiger partial charge in [0.25, 0.3) is 0 Å². The molecule has 0 fully saturated rings. The van der Waals surface area contributed by atoms with E-state index in [1.54, 1.807) is 18.2 Å². The summed E-state index contributed by atoms with van der Waals surface area (Å²) < 4.78 is 5.59. The van der Waals surface area contributed by atoms with Gasteiger partial charge in [-0.25, -0.2) is 0 Å². The fourth-order valence-corrected chi connectivity index (χ4v) is 3.30. The number of fused-ring (bicyclic) bond motifs is 1. The smallest absolute Gasteiger partial charge is 0.138 e. The zero-order valence-electron chi connectivity index (χ0n) is 16.5. The van der Waals surface area contributed by atoms with Gasteiger partial charge in [-0.15, -0.1) is 0 Å². The van der Waals surface area contributed by atoms with E-state index in [2.05, 4.69) is 25.2 Å². The van der Waals surface area contributed by atoms with Crippen LogP contribution in [0.2, 0.25) is 5.02 Å². The van der Waals surface area contributed by atoms with Crippen LogP contribution >= 0.6 is 11.6 Å². The maximum atomic E-state index is 10.3. The van der Waals surface area contributed by atoms with Gasteiger partial charge in [0.1, 0.15) is 30.1 Å². The van der Waals surface area contributed by atoms with Crippen molar-refractivity contribution in [3.05, 3.63) is 70.9 Å². The van der Waals surface area contributed by atoms with Gasteiger partial charge in [0.05, 0.1) is 10.5 Å². The van der Waals surface area contributed by atoms with Crippen molar-refractivity contribution in [2.75, 3.05) is 13.2 Å². The molecule has 2 aromatic carbocycles. The number of β-amino-alcohol motifs (C(OH)–C–C–N with tert-alkyl or cyclic N) is 1. The lowest BCUT2D eigenvalue weighted by Crippen LogP contribution is -2.46. The molecule has 1 heterocycles. The highest BCUT2D eigenvalue weighted by Crippen LogP contribution is 2.25. The lowest BCUT2D eigenvalue weighted by atomic mass is 9.97. The molecule has 2 N–H and O–H groups in total. The maximum Gasteiger partial charge on any atom is 0.138 e. The summed E-state index contributed by atoms with van der Waals surface area (Å²) in [6.07, 6.45) is -0.0116. The molecule has 0 aliphatic heterocycles. The Morgan fingerprint density at radius 2 is 1.97 bits per heavy atom. The number of aliphatic hydroxyl groups is 1. The van der Waals surface area contributed by atoms with E-state index in [1.807, 2.05) is 36.4 Å². The number of aliphatic hydroxyl groups excluding tert-OH is 1. The average molecular weight is 410 g/mol. The molecule has 150 valence electrons. The van der Waals surface area contributed by atoms with E-state index in [1.165, 1.54) is 0 Å².